The summed E-state index contributed by atoms with van der Waals surface area (Å²) in [5.41, 5.74) is 3.62. The maximum Gasteiger partial charge on any atom is 0.126 e. The minimum absolute atomic E-state index is 0.0764. The van der Waals surface area contributed by atoms with Crippen molar-refractivity contribution in [1.29, 1.82) is 0 Å². The molecular weight excluding hydrogens is 285 g/mol. The third kappa shape index (κ3) is 3.09. The lowest BCUT2D eigenvalue weighted by atomic mass is 9.94. The third-order valence-corrected chi connectivity index (χ3v) is 5.20. The molecule has 2 heteroatoms. The zero-order valence-corrected chi connectivity index (χ0v) is 13.3. The van der Waals surface area contributed by atoms with Gasteiger partial charge in [0.15, 0.2) is 0 Å². The van der Waals surface area contributed by atoms with E-state index in [-0.39, 0.29) is 5.82 Å². The molecule has 0 spiro atoms. The van der Waals surface area contributed by atoms with Crippen molar-refractivity contribution in [2.75, 3.05) is 0 Å². The average molecular weight is 307 g/mol. The minimum Gasteiger partial charge on any atom is -0.289 e. The topological polar surface area (TPSA) is 3.24 Å². The SMILES string of the molecule is Fc1ccccc1CC1=CC2CCC(C1)N2Cc1ccccc1. The maximum absolute atomic E-state index is 13.9. The van der Waals surface area contributed by atoms with E-state index in [1.54, 1.807) is 12.1 Å². The lowest BCUT2D eigenvalue weighted by Crippen LogP contribution is -2.38. The van der Waals surface area contributed by atoms with Crippen LogP contribution in [0.15, 0.2) is 66.2 Å². The van der Waals surface area contributed by atoms with Crippen molar-refractivity contribution in [3.05, 3.63) is 83.2 Å². The summed E-state index contributed by atoms with van der Waals surface area (Å²) in [6.45, 7) is 1.03. The highest BCUT2D eigenvalue weighted by atomic mass is 19.1. The van der Waals surface area contributed by atoms with E-state index in [0.29, 0.717) is 12.1 Å². The van der Waals surface area contributed by atoms with Crippen LogP contribution in [0.5, 0.6) is 0 Å². The first-order valence-electron chi connectivity index (χ1n) is 8.52. The number of hydrogen-bond donors (Lipinski definition) is 0. The summed E-state index contributed by atoms with van der Waals surface area (Å²) in [5, 5.41) is 0. The molecule has 0 aliphatic carbocycles. The Morgan fingerprint density at radius 2 is 1.74 bits per heavy atom. The molecule has 2 atom stereocenters. The molecule has 2 aliphatic heterocycles. The van der Waals surface area contributed by atoms with Crippen LogP contribution in [0.1, 0.15) is 30.4 Å². The van der Waals surface area contributed by atoms with Crippen molar-refractivity contribution < 1.29 is 4.39 Å². The summed E-state index contributed by atoms with van der Waals surface area (Å²) in [7, 11) is 0. The van der Waals surface area contributed by atoms with E-state index in [4.69, 9.17) is 0 Å². The predicted octanol–water partition coefficient (Wildman–Crippen LogP) is 4.73. The zero-order chi connectivity index (χ0) is 15.6. The van der Waals surface area contributed by atoms with Gasteiger partial charge in [-0.1, -0.05) is 60.2 Å². The second-order valence-corrected chi connectivity index (χ2v) is 6.75. The van der Waals surface area contributed by atoms with Gasteiger partial charge >= 0.3 is 0 Å². The quantitative estimate of drug-likeness (QED) is 0.738. The lowest BCUT2D eigenvalue weighted by Gasteiger charge is -2.34. The van der Waals surface area contributed by atoms with Crippen molar-refractivity contribution in [3.8, 4) is 0 Å². The molecule has 118 valence electrons. The fourth-order valence-corrected chi connectivity index (χ4v) is 4.06. The number of nitrogens with zero attached hydrogens (tertiary/aromatic N) is 1. The smallest absolute Gasteiger partial charge is 0.126 e. The number of benzene rings is 2. The summed E-state index contributed by atoms with van der Waals surface area (Å²) in [4.78, 5) is 2.63. The number of halogens is 1. The van der Waals surface area contributed by atoms with E-state index in [9.17, 15) is 4.39 Å². The molecule has 2 aliphatic rings. The van der Waals surface area contributed by atoms with Gasteiger partial charge in [-0.15, -0.1) is 0 Å². The van der Waals surface area contributed by atoms with Crippen molar-refractivity contribution in [2.24, 2.45) is 0 Å². The Bertz CT molecular complexity index is 707. The van der Waals surface area contributed by atoms with Gasteiger partial charge < -0.3 is 0 Å². The Hall–Kier alpha value is -1.93. The van der Waals surface area contributed by atoms with Crippen LogP contribution in [0.2, 0.25) is 0 Å². The molecule has 23 heavy (non-hydrogen) atoms. The molecule has 0 aromatic heterocycles. The van der Waals surface area contributed by atoms with Gasteiger partial charge in [-0.2, -0.15) is 0 Å². The first-order valence-corrected chi connectivity index (χ1v) is 8.52. The second kappa shape index (κ2) is 6.29. The Kier molecular flexibility index (Phi) is 4.00. The van der Waals surface area contributed by atoms with E-state index in [1.165, 1.54) is 24.0 Å². The monoisotopic (exact) mass is 307 g/mol. The Morgan fingerprint density at radius 1 is 0.957 bits per heavy atom. The predicted molar refractivity (Wildman–Crippen MR) is 91.6 cm³/mol. The van der Waals surface area contributed by atoms with E-state index in [1.807, 2.05) is 12.1 Å². The number of rotatable bonds is 4. The van der Waals surface area contributed by atoms with Gasteiger partial charge in [-0.05, 0) is 42.9 Å². The minimum atomic E-state index is -0.0764. The molecule has 2 unspecified atom stereocenters. The van der Waals surface area contributed by atoms with E-state index in [2.05, 4.69) is 41.3 Å². The first-order chi connectivity index (χ1) is 11.3. The van der Waals surface area contributed by atoms with Crippen molar-refractivity contribution in [1.82, 2.24) is 4.90 Å². The maximum atomic E-state index is 13.9. The van der Waals surface area contributed by atoms with Crippen molar-refractivity contribution >= 4 is 0 Å². The molecule has 2 aromatic carbocycles. The van der Waals surface area contributed by atoms with Crippen LogP contribution < -0.4 is 0 Å². The summed E-state index contributed by atoms with van der Waals surface area (Å²) < 4.78 is 13.9. The Labute approximate surface area is 137 Å². The molecule has 4 rings (SSSR count). The molecular formula is C21H22FN. The molecule has 0 amide bonds. The summed E-state index contributed by atoms with van der Waals surface area (Å²) in [6, 6.07) is 19.0. The highest BCUT2D eigenvalue weighted by Gasteiger charge is 2.36. The van der Waals surface area contributed by atoms with Gasteiger partial charge in [0.2, 0.25) is 0 Å². The Morgan fingerprint density at radius 3 is 2.52 bits per heavy atom. The standard InChI is InChI=1S/C21H22FN/c22-21-9-5-4-8-18(21)12-17-13-19-10-11-20(14-17)23(19)15-16-6-2-1-3-7-16/h1-9,13,19-20H,10-12,14-15H2. The molecule has 2 heterocycles. The summed E-state index contributed by atoms with van der Waals surface area (Å²) in [6.07, 6.45) is 6.74. The molecule has 0 saturated carbocycles. The number of fused-ring (bicyclic) bond motifs is 2. The van der Waals surface area contributed by atoms with Crippen LogP contribution in [0.3, 0.4) is 0 Å². The molecule has 1 saturated heterocycles. The third-order valence-electron chi connectivity index (χ3n) is 5.20. The molecule has 2 aromatic rings. The van der Waals surface area contributed by atoms with Crippen molar-refractivity contribution in [2.45, 2.75) is 44.3 Å². The van der Waals surface area contributed by atoms with Crippen LogP contribution in [0.25, 0.3) is 0 Å². The highest BCUT2D eigenvalue weighted by molar-refractivity contribution is 5.28. The highest BCUT2D eigenvalue weighted by Crippen LogP contribution is 2.37. The van der Waals surface area contributed by atoms with Crippen LogP contribution >= 0.6 is 0 Å². The first kappa shape index (κ1) is 14.6. The van der Waals surface area contributed by atoms with Crippen LogP contribution in [0, 0.1) is 5.82 Å². The normalized spacial score (nSPS) is 23.8. The van der Waals surface area contributed by atoms with Gasteiger partial charge in [-0.3, -0.25) is 4.90 Å². The van der Waals surface area contributed by atoms with Gasteiger partial charge in [0, 0.05) is 18.6 Å². The molecule has 2 bridgehead atoms. The van der Waals surface area contributed by atoms with Crippen LogP contribution in [-0.4, -0.2) is 17.0 Å². The van der Waals surface area contributed by atoms with Crippen LogP contribution in [0.4, 0.5) is 4.39 Å². The largest absolute Gasteiger partial charge is 0.289 e. The summed E-state index contributed by atoms with van der Waals surface area (Å²) in [5.74, 6) is -0.0764. The van der Waals surface area contributed by atoms with E-state index < -0.39 is 0 Å². The van der Waals surface area contributed by atoms with E-state index >= 15 is 0 Å². The van der Waals surface area contributed by atoms with Crippen molar-refractivity contribution in [3.63, 3.8) is 0 Å². The van der Waals surface area contributed by atoms with Gasteiger partial charge in [-0.25, -0.2) is 4.39 Å². The fourth-order valence-electron chi connectivity index (χ4n) is 4.06. The zero-order valence-electron chi connectivity index (χ0n) is 13.3. The second-order valence-electron chi connectivity index (χ2n) is 6.75. The van der Waals surface area contributed by atoms with E-state index in [0.717, 1.165) is 24.9 Å². The molecule has 1 fully saturated rings. The fraction of sp³-hybridized carbons (Fsp3) is 0.333. The summed E-state index contributed by atoms with van der Waals surface area (Å²) >= 11 is 0. The lowest BCUT2D eigenvalue weighted by molar-refractivity contribution is 0.194. The molecule has 0 radical (unpaired) electrons. The van der Waals surface area contributed by atoms with Gasteiger partial charge in [0.1, 0.15) is 5.82 Å². The van der Waals surface area contributed by atoms with Gasteiger partial charge in [0.25, 0.3) is 0 Å². The molecule has 1 nitrogen and oxygen atoms in total. The van der Waals surface area contributed by atoms with Crippen LogP contribution in [-0.2, 0) is 13.0 Å². The van der Waals surface area contributed by atoms with Gasteiger partial charge in [0.05, 0.1) is 0 Å². The Balaban J connectivity index is 1.49. The number of hydrogen-bond acceptors (Lipinski definition) is 1. The average Bonchev–Trinajstić information content (AvgIpc) is 2.81. The molecule has 0 N–H and O–H groups in total.